The lowest BCUT2D eigenvalue weighted by Crippen LogP contribution is -2.39. The maximum absolute atomic E-state index is 13.2. The number of hydrogen-bond acceptors (Lipinski definition) is 5. The van der Waals surface area contributed by atoms with Crippen molar-refractivity contribution in [3.63, 3.8) is 0 Å². The molecule has 1 aliphatic rings. The van der Waals surface area contributed by atoms with Crippen LogP contribution in [-0.2, 0) is 19.4 Å². The summed E-state index contributed by atoms with van der Waals surface area (Å²) in [6.45, 7) is 5.08. The minimum atomic E-state index is -0.156. The number of nitrogens with one attached hydrogen (secondary N) is 1. The van der Waals surface area contributed by atoms with Crippen LogP contribution in [0.2, 0.25) is 5.02 Å². The first-order chi connectivity index (χ1) is 17.0. The Labute approximate surface area is 209 Å². The van der Waals surface area contributed by atoms with E-state index >= 15 is 0 Å². The van der Waals surface area contributed by atoms with Gasteiger partial charge in [0.2, 0.25) is 0 Å². The Balaban J connectivity index is 1.50. The monoisotopic (exact) mass is 484 g/mol. The van der Waals surface area contributed by atoms with E-state index in [9.17, 15) is 4.79 Å². The van der Waals surface area contributed by atoms with Crippen LogP contribution in [0.3, 0.4) is 0 Å². The second-order valence-corrected chi connectivity index (χ2v) is 8.93. The number of hydrogen-bond donors (Lipinski definition) is 1. The molecule has 4 aromatic rings. The number of rotatable bonds is 4. The molecule has 35 heavy (non-hydrogen) atoms. The summed E-state index contributed by atoms with van der Waals surface area (Å²) >= 11 is 6.24. The number of carbonyl (C=O) groups is 1. The van der Waals surface area contributed by atoms with Gasteiger partial charge in [-0.2, -0.15) is 0 Å². The molecule has 7 nitrogen and oxygen atoms in total. The zero-order valence-electron chi connectivity index (χ0n) is 19.6. The van der Waals surface area contributed by atoms with E-state index in [1.54, 1.807) is 17.3 Å². The average molecular weight is 485 g/mol. The first kappa shape index (κ1) is 22.9. The minimum absolute atomic E-state index is 0.156. The first-order valence-corrected chi connectivity index (χ1v) is 12.0. The molecule has 0 atom stereocenters. The van der Waals surface area contributed by atoms with Gasteiger partial charge in [-0.05, 0) is 42.7 Å². The number of aryl methyl sites for hydroxylation is 2. The topological polar surface area (TPSA) is 83.9 Å². The van der Waals surface area contributed by atoms with Crippen LogP contribution in [0.5, 0.6) is 0 Å². The first-order valence-electron chi connectivity index (χ1n) is 11.6. The Bertz CT molecular complexity index is 1390. The van der Waals surface area contributed by atoms with Gasteiger partial charge in [-0.15, -0.1) is 0 Å². The van der Waals surface area contributed by atoms with Crippen LogP contribution < -0.4 is 5.32 Å². The summed E-state index contributed by atoms with van der Waals surface area (Å²) in [6.07, 6.45) is 6.35. The lowest BCUT2D eigenvalue weighted by molar-refractivity contribution is 0.206. The zero-order chi connectivity index (χ0) is 24.4. The lowest BCUT2D eigenvalue weighted by Gasteiger charge is -2.30. The molecule has 0 aliphatic carbocycles. The van der Waals surface area contributed by atoms with Crippen molar-refractivity contribution in [2.24, 2.45) is 0 Å². The number of halogens is 1. The second-order valence-electron chi connectivity index (χ2n) is 8.52. The van der Waals surface area contributed by atoms with Gasteiger partial charge in [0.05, 0.1) is 23.5 Å². The highest BCUT2D eigenvalue weighted by Crippen LogP contribution is 2.32. The van der Waals surface area contributed by atoms with Crippen molar-refractivity contribution in [1.82, 2.24) is 24.8 Å². The minimum Gasteiger partial charge on any atom is -0.320 e. The number of urea groups is 1. The molecule has 0 fully saturated rings. The van der Waals surface area contributed by atoms with Crippen molar-refractivity contribution < 1.29 is 4.79 Å². The van der Waals surface area contributed by atoms with Crippen LogP contribution in [0.4, 0.5) is 10.5 Å². The van der Waals surface area contributed by atoms with Crippen LogP contribution >= 0.6 is 11.6 Å². The molecule has 2 amide bonds. The molecule has 1 N–H and O–H groups in total. The van der Waals surface area contributed by atoms with Gasteiger partial charge in [-0.3, -0.25) is 0 Å². The van der Waals surface area contributed by atoms with Crippen LogP contribution in [-0.4, -0.2) is 37.4 Å². The van der Waals surface area contributed by atoms with Crippen LogP contribution in [0, 0.1) is 6.92 Å². The highest BCUT2D eigenvalue weighted by molar-refractivity contribution is 6.31. The molecule has 0 unspecified atom stereocenters. The van der Waals surface area contributed by atoms with E-state index in [-0.39, 0.29) is 6.03 Å². The third-order valence-electron chi connectivity index (χ3n) is 6.24. The largest absolute Gasteiger partial charge is 0.322 e. The van der Waals surface area contributed by atoms with E-state index in [1.165, 1.54) is 6.33 Å². The molecule has 1 aliphatic heterocycles. The van der Waals surface area contributed by atoms with Gasteiger partial charge in [0.25, 0.3) is 0 Å². The number of nitrogens with zero attached hydrogens (tertiary/aromatic N) is 5. The summed E-state index contributed by atoms with van der Waals surface area (Å²) in [5, 5.41) is 3.73. The van der Waals surface area contributed by atoms with Crippen LogP contribution in [0.15, 0.2) is 61.2 Å². The van der Waals surface area contributed by atoms with Crippen LogP contribution in [0.25, 0.3) is 22.6 Å². The summed E-state index contributed by atoms with van der Waals surface area (Å²) < 4.78 is 0. The third kappa shape index (κ3) is 4.72. The summed E-state index contributed by atoms with van der Waals surface area (Å²) in [5.74, 6) is 0.591. The Hall–Kier alpha value is -3.84. The van der Waals surface area contributed by atoms with Gasteiger partial charge in [0, 0.05) is 47.2 Å². The number of anilines is 1. The smallest absolute Gasteiger partial charge is 0.320 e. The Morgan fingerprint density at radius 3 is 2.69 bits per heavy atom. The quantitative estimate of drug-likeness (QED) is 0.400. The number of amides is 2. The number of fused-ring (bicyclic) bond motifs is 1. The van der Waals surface area contributed by atoms with E-state index in [2.05, 4.69) is 34.3 Å². The number of carbonyl (C=O) groups excluding carboxylic acids is 1. The summed E-state index contributed by atoms with van der Waals surface area (Å²) in [7, 11) is 0. The van der Waals surface area contributed by atoms with E-state index in [0.29, 0.717) is 30.4 Å². The van der Waals surface area contributed by atoms with E-state index in [1.807, 2.05) is 37.3 Å². The Kier molecular flexibility index (Phi) is 6.42. The fourth-order valence-electron chi connectivity index (χ4n) is 4.32. The van der Waals surface area contributed by atoms with Gasteiger partial charge >= 0.3 is 6.03 Å². The van der Waals surface area contributed by atoms with Gasteiger partial charge < -0.3 is 10.2 Å². The zero-order valence-corrected chi connectivity index (χ0v) is 20.4. The standard InChI is InChI=1S/C27H25ClN6O/c1-3-18-12-20(8-9-23(18)28)31-27(35)34-11-10-24-22(15-34)25(21-7-5-4-6-17(21)2)33-26(32-24)19-13-29-16-30-14-19/h4-9,12-14,16H,3,10-11,15H2,1-2H3,(H,31,35). The SMILES string of the molecule is CCc1cc(NC(=O)N2CCc3nc(-c4cncnc4)nc(-c4ccccc4C)c3C2)ccc1Cl. The van der Waals surface area contributed by atoms with Crippen molar-refractivity contribution >= 4 is 23.3 Å². The lowest BCUT2D eigenvalue weighted by atomic mass is 9.96. The molecule has 176 valence electrons. The van der Waals surface area contributed by atoms with Crippen molar-refractivity contribution in [3.05, 3.63) is 88.6 Å². The summed E-state index contributed by atoms with van der Waals surface area (Å²) in [6, 6.07) is 13.5. The van der Waals surface area contributed by atoms with Crippen molar-refractivity contribution in [2.75, 3.05) is 11.9 Å². The molecular formula is C27H25ClN6O. The number of benzene rings is 2. The van der Waals surface area contributed by atoms with Gasteiger partial charge in [0.1, 0.15) is 6.33 Å². The normalized spacial score (nSPS) is 12.8. The summed E-state index contributed by atoms with van der Waals surface area (Å²) in [5.41, 5.74) is 7.38. The molecule has 0 spiro atoms. The van der Waals surface area contributed by atoms with Crippen molar-refractivity contribution in [3.8, 4) is 22.6 Å². The molecule has 0 saturated carbocycles. The van der Waals surface area contributed by atoms with Crippen molar-refractivity contribution in [2.45, 2.75) is 33.2 Å². The van der Waals surface area contributed by atoms with Crippen LogP contribution in [0.1, 0.15) is 29.3 Å². The predicted octanol–water partition coefficient (Wildman–Crippen LogP) is 5.72. The molecule has 0 saturated heterocycles. The van der Waals surface area contributed by atoms with Gasteiger partial charge in [0.15, 0.2) is 5.82 Å². The molecule has 3 heterocycles. The molecule has 0 bridgehead atoms. The number of aromatic nitrogens is 4. The van der Waals surface area contributed by atoms with E-state index < -0.39 is 0 Å². The predicted molar refractivity (Wildman–Crippen MR) is 137 cm³/mol. The molecular weight excluding hydrogens is 460 g/mol. The molecule has 2 aromatic heterocycles. The maximum atomic E-state index is 13.2. The molecule has 2 aromatic carbocycles. The Morgan fingerprint density at radius 1 is 1.11 bits per heavy atom. The van der Waals surface area contributed by atoms with Gasteiger partial charge in [-0.1, -0.05) is 42.8 Å². The second kappa shape index (κ2) is 9.80. The highest BCUT2D eigenvalue weighted by atomic mass is 35.5. The van der Waals surface area contributed by atoms with E-state index in [4.69, 9.17) is 21.6 Å². The third-order valence-corrected chi connectivity index (χ3v) is 6.61. The average Bonchev–Trinajstić information content (AvgIpc) is 2.89. The molecule has 5 rings (SSSR count). The van der Waals surface area contributed by atoms with E-state index in [0.717, 1.165) is 51.3 Å². The fraction of sp³-hybridized carbons (Fsp3) is 0.222. The summed E-state index contributed by atoms with van der Waals surface area (Å²) in [4.78, 5) is 33.0. The van der Waals surface area contributed by atoms with Crippen molar-refractivity contribution in [1.29, 1.82) is 0 Å². The van der Waals surface area contributed by atoms with Gasteiger partial charge in [-0.25, -0.2) is 24.7 Å². The molecule has 0 radical (unpaired) electrons. The highest BCUT2D eigenvalue weighted by Gasteiger charge is 2.27. The maximum Gasteiger partial charge on any atom is 0.322 e. The Morgan fingerprint density at radius 2 is 1.91 bits per heavy atom. The molecule has 8 heteroatoms. The fourth-order valence-corrected chi connectivity index (χ4v) is 4.57.